The maximum atomic E-state index is 13.1. The zero-order valence-electron chi connectivity index (χ0n) is 10.3. The summed E-state index contributed by atoms with van der Waals surface area (Å²) >= 11 is 5.70. The van der Waals surface area contributed by atoms with Crippen LogP contribution in [0.1, 0.15) is 20.3 Å². The van der Waals surface area contributed by atoms with Gasteiger partial charge in [-0.25, -0.2) is 12.8 Å². The predicted molar refractivity (Wildman–Crippen MR) is 68.1 cm³/mol. The Morgan fingerprint density at radius 2 is 2.11 bits per heavy atom. The van der Waals surface area contributed by atoms with Crippen LogP contribution in [0.4, 0.5) is 4.39 Å². The van der Waals surface area contributed by atoms with Crippen molar-refractivity contribution in [2.75, 3.05) is 0 Å². The second-order valence-electron chi connectivity index (χ2n) is 4.17. The number of carboxylic acids is 1. The molecule has 0 saturated carbocycles. The minimum absolute atomic E-state index is 0.0223. The number of hydrogen-bond donors (Lipinski definition) is 2. The molecule has 0 bridgehead atoms. The maximum absolute atomic E-state index is 13.1. The Balaban J connectivity index is 3.26. The van der Waals surface area contributed by atoms with Gasteiger partial charge < -0.3 is 5.11 Å². The van der Waals surface area contributed by atoms with E-state index in [1.807, 2.05) is 4.72 Å². The number of carbonyl (C=O) groups is 1. The molecule has 0 aliphatic rings. The summed E-state index contributed by atoms with van der Waals surface area (Å²) in [7, 11) is -4.23. The van der Waals surface area contributed by atoms with Crippen molar-refractivity contribution in [3.05, 3.63) is 29.0 Å². The Morgan fingerprint density at radius 3 is 2.58 bits per heavy atom. The molecule has 1 aromatic carbocycles. The normalized spacial score (nSPS) is 14.9. The molecule has 0 aliphatic carbocycles. The highest BCUT2D eigenvalue weighted by molar-refractivity contribution is 7.89. The molecule has 106 valence electrons. The number of hydrogen-bond acceptors (Lipinski definition) is 3. The van der Waals surface area contributed by atoms with Gasteiger partial charge >= 0.3 is 5.97 Å². The molecular weight excluding hydrogens is 297 g/mol. The molecule has 19 heavy (non-hydrogen) atoms. The Labute approximate surface area is 115 Å². The largest absolute Gasteiger partial charge is 0.480 e. The van der Waals surface area contributed by atoms with Gasteiger partial charge in [0.25, 0.3) is 0 Å². The first kappa shape index (κ1) is 15.9. The monoisotopic (exact) mass is 309 g/mol. The van der Waals surface area contributed by atoms with E-state index in [1.54, 1.807) is 0 Å². The zero-order valence-corrected chi connectivity index (χ0v) is 11.8. The van der Waals surface area contributed by atoms with E-state index in [-0.39, 0.29) is 11.4 Å². The van der Waals surface area contributed by atoms with Gasteiger partial charge in [-0.05, 0) is 31.5 Å². The summed E-state index contributed by atoms with van der Waals surface area (Å²) in [6.07, 6.45) is 0.0223. The number of benzene rings is 1. The van der Waals surface area contributed by atoms with Crippen LogP contribution in [0.5, 0.6) is 0 Å². The third kappa shape index (κ3) is 3.43. The fourth-order valence-electron chi connectivity index (χ4n) is 1.30. The quantitative estimate of drug-likeness (QED) is 0.871. The number of halogens is 2. The number of carboxylic acid groups (broad SMARTS) is 1. The summed E-state index contributed by atoms with van der Waals surface area (Å²) in [6, 6.07) is 2.84. The Kier molecular flexibility index (Phi) is 4.54. The van der Waals surface area contributed by atoms with Crippen molar-refractivity contribution in [3.63, 3.8) is 0 Å². The van der Waals surface area contributed by atoms with Gasteiger partial charge in [0.05, 0.1) is 5.02 Å². The summed E-state index contributed by atoms with van der Waals surface area (Å²) < 4.78 is 39.2. The second-order valence-corrected chi connectivity index (χ2v) is 6.23. The van der Waals surface area contributed by atoms with Gasteiger partial charge in [0.15, 0.2) is 0 Å². The Morgan fingerprint density at radius 1 is 1.53 bits per heavy atom. The number of nitrogens with one attached hydrogen (secondary N) is 1. The van der Waals surface area contributed by atoms with Crippen molar-refractivity contribution in [2.45, 2.75) is 30.7 Å². The molecule has 0 radical (unpaired) electrons. The molecule has 0 saturated heterocycles. The van der Waals surface area contributed by atoms with E-state index in [2.05, 4.69) is 0 Å². The van der Waals surface area contributed by atoms with Crippen molar-refractivity contribution < 1.29 is 22.7 Å². The molecular formula is C11H13ClFNO4S. The highest BCUT2D eigenvalue weighted by Crippen LogP contribution is 2.24. The molecule has 0 aliphatic heterocycles. The van der Waals surface area contributed by atoms with E-state index < -0.39 is 32.2 Å². The van der Waals surface area contributed by atoms with Crippen LogP contribution in [0.3, 0.4) is 0 Å². The molecule has 0 heterocycles. The van der Waals surface area contributed by atoms with E-state index in [4.69, 9.17) is 16.7 Å². The standard InChI is InChI=1S/C11H13ClFNO4S/c1-3-11(2,10(15)16)14-19(17,18)9-6-7(13)4-5-8(9)12/h4-6,14H,3H2,1-2H3,(H,15,16). The van der Waals surface area contributed by atoms with Crippen LogP contribution in [0.2, 0.25) is 5.02 Å². The lowest BCUT2D eigenvalue weighted by atomic mass is 10.0. The first-order valence-corrected chi connectivity index (χ1v) is 7.21. The van der Waals surface area contributed by atoms with Crippen molar-refractivity contribution in [1.29, 1.82) is 0 Å². The maximum Gasteiger partial charge on any atom is 0.324 e. The summed E-state index contributed by atoms with van der Waals surface area (Å²) in [5.74, 6) is -2.11. The van der Waals surface area contributed by atoms with Gasteiger partial charge in [-0.1, -0.05) is 18.5 Å². The predicted octanol–water partition coefficient (Wildman–Crippen LogP) is 2.01. The number of sulfonamides is 1. The lowest BCUT2D eigenvalue weighted by Crippen LogP contribution is -2.51. The molecule has 1 rings (SSSR count). The molecule has 0 amide bonds. The van der Waals surface area contributed by atoms with Gasteiger partial charge in [-0.2, -0.15) is 4.72 Å². The molecule has 0 aromatic heterocycles. The van der Waals surface area contributed by atoms with Crippen LogP contribution in [0.25, 0.3) is 0 Å². The Hall–Kier alpha value is -1.18. The first-order valence-electron chi connectivity index (χ1n) is 5.35. The molecule has 2 N–H and O–H groups in total. The van der Waals surface area contributed by atoms with Crippen LogP contribution in [-0.4, -0.2) is 25.0 Å². The summed E-state index contributed by atoms with van der Waals surface area (Å²) in [5.41, 5.74) is -1.69. The molecule has 8 heteroatoms. The minimum Gasteiger partial charge on any atom is -0.480 e. The number of rotatable bonds is 5. The van der Waals surface area contributed by atoms with E-state index >= 15 is 0 Å². The van der Waals surface area contributed by atoms with Crippen LogP contribution in [-0.2, 0) is 14.8 Å². The summed E-state index contributed by atoms with van der Waals surface area (Å²) in [4.78, 5) is 10.6. The average molecular weight is 310 g/mol. The second kappa shape index (κ2) is 5.44. The van der Waals surface area contributed by atoms with Gasteiger partial charge in [-0.15, -0.1) is 0 Å². The fraction of sp³-hybridized carbons (Fsp3) is 0.364. The van der Waals surface area contributed by atoms with Crippen molar-refractivity contribution >= 4 is 27.6 Å². The van der Waals surface area contributed by atoms with Crippen LogP contribution >= 0.6 is 11.6 Å². The van der Waals surface area contributed by atoms with E-state index in [9.17, 15) is 17.6 Å². The summed E-state index contributed by atoms with van der Waals surface area (Å²) in [6.45, 7) is 2.74. The molecule has 1 atom stereocenters. The molecule has 0 fully saturated rings. The van der Waals surface area contributed by atoms with Crippen LogP contribution in [0, 0.1) is 5.82 Å². The molecule has 5 nitrogen and oxygen atoms in total. The van der Waals surface area contributed by atoms with E-state index in [0.717, 1.165) is 18.2 Å². The topological polar surface area (TPSA) is 83.5 Å². The summed E-state index contributed by atoms with van der Waals surface area (Å²) in [5, 5.41) is 8.85. The molecule has 1 unspecified atom stereocenters. The third-order valence-corrected chi connectivity index (χ3v) is 4.80. The zero-order chi connectivity index (χ0) is 14.8. The lowest BCUT2D eigenvalue weighted by molar-refractivity contribution is -0.143. The van der Waals surface area contributed by atoms with Gasteiger partial charge in [0, 0.05) is 0 Å². The van der Waals surface area contributed by atoms with Crippen molar-refractivity contribution in [3.8, 4) is 0 Å². The van der Waals surface area contributed by atoms with Crippen molar-refractivity contribution in [1.82, 2.24) is 4.72 Å². The van der Waals surface area contributed by atoms with E-state index in [1.165, 1.54) is 13.8 Å². The Bertz CT molecular complexity index is 605. The van der Waals surface area contributed by atoms with Crippen molar-refractivity contribution in [2.24, 2.45) is 0 Å². The van der Waals surface area contributed by atoms with Gasteiger partial charge in [0.2, 0.25) is 10.0 Å². The smallest absolute Gasteiger partial charge is 0.324 e. The average Bonchev–Trinajstić information content (AvgIpc) is 2.31. The van der Waals surface area contributed by atoms with Crippen LogP contribution in [0.15, 0.2) is 23.1 Å². The minimum atomic E-state index is -4.23. The highest BCUT2D eigenvalue weighted by Gasteiger charge is 2.36. The van der Waals surface area contributed by atoms with Gasteiger partial charge in [0.1, 0.15) is 16.3 Å². The third-order valence-electron chi connectivity index (χ3n) is 2.72. The van der Waals surface area contributed by atoms with Crippen LogP contribution < -0.4 is 4.72 Å². The van der Waals surface area contributed by atoms with Gasteiger partial charge in [-0.3, -0.25) is 4.79 Å². The fourth-order valence-corrected chi connectivity index (χ4v) is 3.25. The highest BCUT2D eigenvalue weighted by atomic mass is 35.5. The first-order chi connectivity index (χ1) is 8.62. The molecule has 0 spiro atoms. The SMILES string of the molecule is CCC(C)(NS(=O)(=O)c1cc(F)ccc1Cl)C(=O)O. The molecule has 1 aromatic rings. The lowest BCUT2D eigenvalue weighted by Gasteiger charge is -2.24. The van der Waals surface area contributed by atoms with E-state index in [0.29, 0.717) is 0 Å². The number of aliphatic carboxylic acids is 1.